The van der Waals surface area contributed by atoms with E-state index >= 15 is 0 Å². The first-order valence-electron chi connectivity index (χ1n) is 5.54. The van der Waals surface area contributed by atoms with E-state index in [9.17, 15) is 17.2 Å². The summed E-state index contributed by atoms with van der Waals surface area (Å²) in [6, 6.07) is 7.91. The van der Waals surface area contributed by atoms with Crippen LogP contribution in [-0.4, -0.2) is 8.42 Å². The third-order valence-electron chi connectivity index (χ3n) is 2.57. The highest BCUT2D eigenvalue weighted by Gasteiger charge is 2.20. The first-order chi connectivity index (χ1) is 9.31. The van der Waals surface area contributed by atoms with Gasteiger partial charge in [-0.15, -0.1) is 0 Å². The van der Waals surface area contributed by atoms with Gasteiger partial charge in [0.25, 0.3) is 10.0 Å². The van der Waals surface area contributed by atoms with Gasteiger partial charge in [0.05, 0.1) is 5.69 Å². The van der Waals surface area contributed by atoms with E-state index in [1.807, 2.05) is 4.72 Å². The van der Waals surface area contributed by atoms with Crippen LogP contribution in [0.25, 0.3) is 0 Å². The van der Waals surface area contributed by atoms with Gasteiger partial charge < -0.3 is 0 Å². The molecule has 1 N–H and O–H groups in total. The summed E-state index contributed by atoms with van der Waals surface area (Å²) in [4.78, 5) is -0.0493. The number of halogens is 3. The summed E-state index contributed by atoms with van der Waals surface area (Å²) in [7, 11) is -4.00. The summed E-state index contributed by atoms with van der Waals surface area (Å²) < 4.78 is 53.3. The summed E-state index contributed by atoms with van der Waals surface area (Å²) in [5.74, 6) is -2.35. The van der Waals surface area contributed by atoms with Crippen molar-refractivity contribution in [2.24, 2.45) is 0 Å². The maximum atomic E-state index is 13.5. The summed E-state index contributed by atoms with van der Waals surface area (Å²) >= 11 is 3.14. The molecule has 7 heteroatoms. The molecule has 0 radical (unpaired) electrons. The van der Waals surface area contributed by atoms with Crippen LogP contribution in [0.3, 0.4) is 0 Å². The Bertz CT molecular complexity index is 763. The summed E-state index contributed by atoms with van der Waals surface area (Å²) in [6.07, 6.45) is 0. The van der Waals surface area contributed by atoms with Crippen LogP contribution in [0.1, 0.15) is 5.56 Å². The van der Waals surface area contributed by atoms with Crippen LogP contribution in [0.4, 0.5) is 14.5 Å². The molecular formula is C13H10BrF2NO2S. The SMILES string of the molecule is Cc1ccc(S(=O)(=O)Nc2cccc(F)c2F)c(Br)c1. The molecule has 2 aromatic rings. The maximum Gasteiger partial charge on any atom is 0.263 e. The fourth-order valence-electron chi connectivity index (χ4n) is 1.61. The molecule has 0 aromatic heterocycles. The molecule has 0 aliphatic carbocycles. The van der Waals surface area contributed by atoms with Crippen molar-refractivity contribution in [1.29, 1.82) is 0 Å². The molecule has 0 heterocycles. The van der Waals surface area contributed by atoms with E-state index < -0.39 is 27.3 Å². The highest BCUT2D eigenvalue weighted by Crippen LogP contribution is 2.26. The molecule has 0 aliphatic heterocycles. The number of hydrogen-bond donors (Lipinski definition) is 1. The zero-order valence-corrected chi connectivity index (χ0v) is 12.7. The fourth-order valence-corrected chi connectivity index (χ4v) is 3.86. The second-order valence-electron chi connectivity index (χ2n) is 4.14. The molecule has 0 bridgehead atoms. The normalized spacial score (nSPS) is 11.4. The number of anilines is 1. The van der Waals surface area contributed by atoms with E-state index in [1.54, 1.807) is 19.1 Å². The lowest BCUT2D eigenvalue weighted by molar-refractivity contribution is 0.511. The molecular weight excluding hydrogens is 352 g/mol. The van der Waals surface area contributed by atoms with E-state index in [2.05, 4.69) is 15.9 Å². The predicted octanol–water partition coefficient (Wildman–Crippen LogP) is 3.84. The maximum absolute atomic E-state index is 13.5. The molecule has 0 saturated heterocycles. The molecule has 0 fully saturated rings. The Kier molecular flexibility index (Phi) is 4.10. The first kappa shape index (κ1) is 14.9. The zero-order valence-electron chi connectivity index (χ0n) is 10.3. The van der Waals surface area contributed by atoms with Gasteiger partial charge in [0.1, 0.15) is 4.90 Å². The monoisotopic (exact) mass is 361 g/mol. The Hall–Kier alpha value is -1.47. The Morgan fingerprint density at radius 2 is 1.85 bits per heavy atom. The number of nitrogens with one attached hydrogen (secondary N) is 1. The van der Waals surface area contributed by atoms with Crippen molar-refractivity contribution in [3.8, 4) is 0 Å². The van der Waals surface area contributed by atoms with Crippen molar-refractivity contribution in [3.63, 3.8) is 0 Å². The van der Waals surface area contributed by atoms with Gasteiger partial charge in [-0.25, -0.2) is 17.2 Å². The lowest BCUT2D eigenvalue weighted by atomic mass is 10.2. The minimum atomic E-state index is -4.00. The van der Waals surface area contributed by atoms with E-state index in [0.717, 1.165) is 17.7 Å². The second-order valence-corrected chi connectivity index (χ2v) is 6.65. The van der Waals surface area contributed by atoms with Gasteiger partial charge in [0.15, 0.2) is 11.6 Å². The summed E-state index contributed by atoms with van der Waals surface area (Å²) in [6.45, 7) is 1.81. The molecule has 2 aromatic carbocycles. The van der Waals surface area contributed by atoms with E-state index in [0.29, 0.717) is 4.47 Å². The number of aryl methyl sites for hydroxylation is 1. The molecule has 0 saturated carbocycles. The predicted molar refractivity (Wildman–Crippen MR) is 76.0 cm³/mol. The minimum Gasteiger partial charge on any atom is -0.277 e. The molecule has 2 rings (SSSR count). The van der Waals surface area contributed by atoms with Crippen molar-refractivity contribution < 1.29 is 17.2 Å². The van der Waals surface area contributed by atoms with Gasteiger partial charge in [-0.2, -0.15) is 0 Å². The topological polar surface area (TPSA) is 46.2 Å². The quantitative estimate of drug-likeness (QED) is 0.902. The van der Waals surface area contributed by atoms with Crippen molar-refractivity contribution in [1.82, 2.24) is 0 Å². The number of benzene rings is 2. The Morgan fingerprint density at radius 1 is 1.15 bits per heavy atom. The molecule has 0 amide bonds. The van der Waals surface area contributed by atoms with Crippen LogP contribution in [0.2, 0.25) is 0 Å². The number of hydrogen-bond acceptors (Lipinski definition) is 2. The van der Waals surface area contributed by atoms with Crippen LogP contribution in [0.5, 0.6) is 0 Å². The van der Waals surface area contributed by atoms with Gasteiger partial charge in [-0.3, -0.25) is 4.72 Å². The lowest BCUT2D eigenvalue weighted by Crippen LogP contribution is -2.15. The van der Waals surface area contributed by atoms with Crippen molar-refractivity contribution in [2.75, 3.05) is 4.72 Å². The van der Waals surface area contributed by atoms with Crippen molar-refractivity contribution in [2.45, 2.75) is 11.8 Å². The largest absolute Gasteiger partial charge is 0.277 e. The number of rotatable bonds is 3. The highest BCUT2D eigenvalue weighted by molar-refractivity contribution is 9.10. The first-order valence-corrected chi connectivity index (χ1v) is 7.82. The Balaban J connectivity index is 2.44. The van der Waals surface area contributed by atoms with E-state index in [1.165, 1.54) is 12.1 Å². The lowest BCUT2D eigenvalue weighted by Gasteiger charge is -2.11. The third-order valence-corrected chi connectivity index (χ3v) is 4.92. The van der Waals surface area contributed by atoms with Crippen molar-refractivity contribution in [3.05, 3.63) is 58.1 Å². The van der Waals surface area contributed by atoms with Gasteiger partial charge in [-0.05, 0) is 52.7 Å². The Labute approximate surface area is 123 Å². The Morgan fingerprint density at radius 3 is 2.50 bits per heavy atom. The van der Waals surface area contributed by atoms with E-state index in [-0.39, 0.29) is 4.90 Å². The van der Waals surface area contributed by atoms with Crippen LogP contribution in [0.15, 0.2) is 45.8 Å². The van der Waals surface area contributed by atoms with Gasteiger partial charge in [0, 0.05) is 4.47 Å². The van der Waals surface area contributed by atoms with Gasteiger partial charge in [-0.1, -0.05) is 12.1 Å². The standard InChI is InChI=1S/C13H10BrF2NO2S/c1-8-5-6-12(9(14)7-8)20(18,19)17-11-4-2-3-10(15)13(11)16/h2-7,17H,1H3. The third kappa shape index (κ3) is 2.99. The minimum absolute atomic E-state index is 0.0493. The molecule has 106 valence electrons. The molecule has 0 unspecified atom stereocenters. The average Bonchev–Trinajstić information content (AvgIpc) is 2.34. The fraction of sp³-hybridized carbons (Fsp3) is 0.0769. The summed E-state index contributed by atoms with van der Waals surface area (Å²) in [5.41, 5.74) is 0.435. The van der Waals surface area contributed by atoms with Crippen LogP contribution in [-0.2, 0) is 10.0 Å². The van der Waals surface area contributed by atoms with Crippen LogP contribution in [0, 0.1) is 18.6 Å². The molecule has 0 atom stereocenters. The van der Waals surface area contributed by atoms with Crippen molar-refractivity contribution >= 4 is 31.6 Å². The molecule has 3 nitrogen and oxygen atoms in total. The molecule has 0 spiro atoms. The van der Waals surface area contributed by atoms with Crippen LogP contribution < -0.4 is 4.72 Å². The average molecular weight is 362 g/mol. The van der Waals surface area contributed by atoms with Gasteiger partial charge >= 0.3 is 0 Å². The van der Waals surface area contributed by atoms with Gasteiger partial charge in [0.2, 0.25) is 0 Å². The molecule has 0 aliphatic rings. The van der Waals surface area contributed by atoms with E-state index in [4.69, 9.17) is 0 Å². The number of sulfonamides is 1. The van der Waals surface area contributed by atoms with Crippen LogP contribution >= 0.6 is 15.9 Å². The second kappa shape index (κ2) is 5.49. The highest BCUT2D eigenvalue weighted by atomic mass is 79.9. The zero-order chi connectivity index (χ0) is 14.9. The smallest absolute Gasteiger partial charge is 0.263 e. The summed E-state index contributed by atoms with van der Waals surface area (Å²) in [5, 5.41) is 0. The molecule has 20 heavy (non-hydrogen) atoms.